The topological polar surface area (TPSA) is 99.9 Å². The smallest absolute Gasteiger partial charge is 0.411 e. The molecule has 132 valence electrons. The van der Waals surface area contributed by atoms with Crippen LogP contribution in [0.25, 0.3) is 0 Å². The van der Waals surface area contributed by atoms with Gasteiger partial charge in [-0.05, 0) is 25.1 Å². The lowest BCUT2D eigenvalue weighted by atomic mass is 9.85. The highest BCUT2D eigenvalue weighted by Gasteiger charge is 2.44. The van der Waals surface area contributed by atoms with Crippen LogP contribution < -0.4 is 11.5 Å². The van der Waals surface area contributed by atoms with E-state index in [0.29, 0.717) is 0 Å². The summed E-state index contributed by atoms with van der Waals surface area (Å²) in [5.74, 6) is -1.61. The molecule has 0 radical (unpaired) electrons. The summed E-state index contributed by atoms with van der Waals surface area (Å²) >= 11 is 0. The Bertz CT molecular complexity index is 678. The van der Waals surface area contributed by atoms with E-state index in [1.165, 1.54) is 6.92 Å². The van der Waals surface area contributed by atoms with Crippen molar-refractivity contribution in [3.8, 4) is 0 Å². The van der Waals surface area contributed by atoms with Crippen molar-refractivity contribution in [1.82, 2.24) is 0 Å². The van der Waals surface area contributed by atoms with Crippen molar-refractivity contribution in [2.24, 2.45) is 16.5 Å². The maximum atomic E-state index is 14.3. The van der Waals surface area contributed by atoms with Crippen molar-refractivity contribution in [3.63, 3.8) is 0 Å². The van der Waals surface area contributed by atoms with Crippen LogP contribution in [0.15, 0.2) is 23.2 Å². The molecular formula is C14H15F4N3O3. The minimum atomic E-state index is -4.58. The second-order valence-electron chi connectivity index (χ2n) is 5.38. The Labute approximate surface area is 134 Å². The number of primary amides is 1. The minimum absolute atomic E-state index is 0.0255. The van der Waals surface area contributed by atoms with Crippen molar-refractivity contribution in [3.05, 3.63) is 35.1 Å². The van der Waals surface area contributed by atoms with Crippen LogP contribution in [0.2, 0.25) is 0 Å². The number of ether oxygens (including phenoxy) is 2. The fourth-order valence-corrected chi connectivity index (χ4v) is 2.36. The van der Waals surface area contributed by atoms with E-state index in [0.717, 1.165) is 18.2 Å². The summed E-state index contributed by atoms with van der Waals surface area (Å²) in [6.45, 7) is -0.585. The molecule has 0 bridgehead atoms. The molecular weight excluding hydrogens is 334 g/mol. The average Bonchev–Trinajstić information content (AvgIpc) is 2.45. The fourth-order valence-electron chi connectivity index (χ4n) is 2.36. The summed E-state index contributed by atoms with van der Waals surface area (Å²) < 4.78 is 61.3. The molecule has 2 rings (SSSR count). The zero-order valence-electron chi connectivity index (χ0n) is 12.6. The van der Waals surface area contributed by atoms with Crippen molar-refractivity contribution in [1.29, 1.82) is 0 Å². The Kier molecular flexibility index (Phi) is 4.70. The molecule has 0 fully saturated rings. The van der Waals surface area contributed by atoms with Crippen LogP contribution in [0.1, 0.15) is 22.8 Å². The van der Waals surface area contributed by atoms with Gasteiger partial charge in [-0.15, -0.1) is 0 Å². The Morgan fingerprint density at radius 3 is 2.75 bits per heavy atom. The maximum absolute atomic E-state index is 14.3. The van der Waals surface area contributed by atoms with Crippen LogP contribution in [-0.2, 0) is 15.0 Å². The van der Waals surface area contributed by atoms with E-state index >= 15 is 0 Å². The second-order valence-corrected chi connectivity index (χ2v) is 5.38. The number of amides is 1. The molecule has 1 aliphatic heterocycles. The average molecular weight is 349 g/mol. The van der Waals surface area contributed by atoms with E-state index in [2.05, 4.69) is 4.99 Å². The number of rotatable bonds is 4. The monoisotopic (exact) mass is 349 g/mol. The molecule has 0 aliphatic carbocycles. The van der Waals surface area contributed by atoms with Gasteiger partial charge >= 0.3 is 6.18 Å². The lowest BCUT2D eigenvalue weighted by molar-refractivity contribution is -0.197. The third-order valence-corrected chi connectivity index (χ3v) is 3.60. The summed E-state index contributed by atoms with van der Waals surface area (Å²) in [5.41, 5.74) is 8.82. The summed E-state index contributed by atoms with van der Waals surface area (Å²) in [6, 6.07) is 2.92. The molecule has 2 atom stereocenters. The zero-order chi connectivity index (χ0) is 18.1. The van der Waals surface area contributed by atoms with Gasteiger partial charge in [0, 0.05) is 11.1 Å². The number of nitrogens with two attached hydrogens (primary N) is 2. The molecule has 10 heteroatoms. The van der Waals surface area contributed by atoms with Gasteiger partial charge in [-0.1, -0.05) is 0 Å². The maximum Gasteiger partial charge on any atom is 0.411 e. The number of carbonyl (C=O) groups is 1. The van der Waals surface area contributed by atoms with E-state index in [9.17, 15) is 22.4 Å². The van der Waals surface area contributed by atoms with Crippen molar-refractivity contribution in [2.75, 3.05) is 13.2 Å². The number of halogens is 4. The van der Waals surface area contributed by atoms with Gasteiger partial charge < -0.3 is 20.9 Å². The number of aliphatic imine (C=N–C) groups is 1. The molecule has 1 aromatic rings. The largest absolute Gasteiger partial charge is 0.463 e. The van der Waals surface area contributed by atoms with E-state index in [4.69, 9.17) is 20.9 Å². The highest BCUT2D eigenvalue weighted by atomic mass is 19.4. The van der Waals surface area contributed by atoms with Gasteiger partial charge in [0.25, 0.3) is 6.02 Å². The molecule has 0 saturated heterocycles. The molecule has 1 heterocycles. The van der Waals surface area contributed by atoms with Gasteiger partial charge in [-0.25, -0.2) is 9.38 Å². The van der Waals surface area contributed by atoms with Gasteiger partial charge in [-0.2, -0.15) is 13.2 Å². The molecule has 0 aromatic heterocycles. The lowest BCUT2D eigenvalue weighted by Gasteiger charge is -2.38. The molecule has 4 N–H and O–H groups in total. The number of amidine groups is 1. The molecule has 0 spiro atoms. The Hall–Kier alpha value is -2.36. The van der Waals surface area contributed by atoms with E-state index in [1.807, 2.05) is 0 Å². The Morgan fingerprint density at radius 1 is 1.50 bits per heavy atom. The van der Waals surface area contributed by atoms with Crippen LogP contribution in [0.4, 0.5) is 17.6 Å². The lowest BCUT2D eigenvalue weighted by Crippen LogP contribution is -2.48. The van der Waals surface area contributed by atoms with Gasteiger partial charge in [0.15, 0.2) is 0 Å². The number of nitrogens with zero attached hydrogens (tertiary/aromatic N) is 1. The first kappa shape index (κ1) is 18.0. The molecule has 24 heavy (non-hydrogen) atoms. The SMILES string of the molecule is C[C@]1(c2cc(C(N)=O)ccc2F)N=C(N)OC[C@@H]1OCC(F)(F)F. The first-order valence-electron chi connectivity index (χ1n) is 6.79. The fraction of sp³-hybridized carbons (Fsp3) is 0.429. The summed E-state index contributed by atoms with van der Waals surface area (Å²) in [7, 11) is 0. The van der Waals surface area contributed by atoms with Crippen LogP contribution >= 0.6 is 0 Å². The van der Waals surface area contributed by atoms with Crippen molar-refractivity contribution < 1.29 is 31.8 Å². The quantitative estimate of drug-likeness (QED) is 0.803. The number of hydrogen-bond acceptors (Lipinski definition) is 5. The van der Waals surface area contributed by atoms with Crippen LogP contribution in [0.3, 0.4) is 0 Å². The predicted octanol–water partition coefficient (Wildman–Crippen LogP) is 1.43. The Morgan fingerprint density at radius 2 is 2.17 bits per heavy atom. The van der Waals surface area contributed by atoms with Crippen molar-refractivity contribution >= 4 is 11.9 Å². The minimum Gasteiger partial charge on any atom is -0.463 e. The summed E-state index contributed by atoms with van der Waals surface area (Å²) in [5, 5.41) is 0. The summed E-state index contributed by atoms with van der Waals surface area (Å²) in [4.78, 5) is 15.2. The van der Waals surface area contributed by atoms with Gasteiger partial charge in [0.1, 0.15) is 30.7 Å². The van der Waals surface area contributed by atoms with Crippen molar-refractivity contribution in [2.45, 2.75) is 24.7 Å². The normalized spacial score (nSPS) is 24.2. The second kappa shape index (κ2) is 6.27. The van der Waals surface area contributed by atoms with E-state index in [1.54, 1.807) is 0 Å². The number of carbonyl (C=O) groups excluding carboxylic acids is 1. The first-order chi connectivity index (χ1) is 11.0. The number of alkyl halides is 3. The van der Waals surface area contributed by atoms with E-state index < -0.39 is 36.2 Å². The highest BCUT2D eigenvalue weighted by molar-refractivity contribution is 5.93. The summed E-state index contributed by atoms with van der Waals surface area (Å²) in [6.07, 6.45) is -5.86. The molecule has 6 nitrogen and oxygen atoms in total. The Balaban J connectivity index is 2.46. The van der Waals surface area contributed by atoms with Gasteiger partial charge in [0.2, 0.25) is 5.91 Å². The standard InChI is InChI=1S/C14H15F4N3O3/c1-13(8-4-7(11(19)22)2-3-9(8)15)10(5-23-12(20)21-13)24-6-14(16,17)18/h2-4,10H,5-6H2,1H3,(H2,19,22)(H2,20,21)/t10-,13+/m0/s1. The third kappa shape index (κ3) is 3.75. The molecule has 1 aliphatic rings. The molecule has 0 saturated carbocycles. The van der Waals surface area contributed by atoms with Gasteiger partial charge in [0.05, 0.1) is 0 Å². The van der Waals surface area contributed by atoms with E-state index in [-0.39, 0.29) is 23.8 Å². The first-order valence-corrected chi connectivity index (χ1v) is 6.79. The molecule has 1 aromatic carbocycles. The van der Waals surface area contributed by atoms with Crippen LogP contribution in [-0.4, -0.2) is 37.4 Å². The van der Waals surface area contributed by atoms with Gasteiger partial charge in [-0.3, -0.25) is 4.79 Å². The molecule has 0 unspecified atom stereocenters. The third-order valence-electron chi connectivity index (χ3n) is 3.60. The highest BCUT2D eigenvalue weighted by Crippen LogP contribution is 2.36. The van der Waals surface area contributed by atoms with Crippen LogP contribution in [0.5, 0.6) is 0 Å². The zero-order valence-corrected chi connectivity index (χ0v) is 12.6. The molecule has 1 amide bonds. The van der Waals surface area contributed by atoms with Crippen LogP contribution in [0, 0.1) is 5.82 Å². The number of benzene rings is 1. The number of hydrogen-bond donors (Lipinski definition) is 2. The predicted molar refractivity (Wildman–Crippen MR) is 75.6 cm³/mol.